The number of amides is 1. The maximum absolute atomic E-state index is 12.1. The van der Waals surface area contributed by atoms with Crippen LogP contribution in [0.4, 0.5) is 11.4 Å². The molecule has 1 aliphatic carbocycles. The summed E-state index contributed by atoms with van der Waals surface area (Å²) in [4.78, 5) is 16.3. The molecule has 5 nitrogen and oxygen atoms in total. The van der Waals surface area contributed by atoms with Gasteiger partial charge in [0.25, 0.3) is 5.91 Å². The van der Waals surface area contributed by atoms with Gasteiger partial charge < -0.3 is 15.4 Å². The number of benzene rings is 2. The van der Waals surface area contributed by atoms with Crippen LogP contribution in [0.15, 0.2) is 72.9 Å². The summed E-state index contributed by atoms with van der Waals surface area (Å²) in [7, 11) is 0. The number of rotatable bonds is 6. The number of pyridine rings is 1. The maximum Gasteiger partial charge on any atom is 0.270 e. The summed E-state index contributed by atoms with van der Waals surface area (Å²) < 4.78 is 5.79. The molecule has 5 heteroatoms. The van der Waals surface area contributed by atoms with Gasteiger partial charge in [-0.3, -0.25) is 9.78 Å². The van der Waals surface area contributed by atoms with Crippen molar-refractivity contribution < 1.29 is 9.53 Å². The molecule has 2 aromatic carbocycles. The van der Waals surface area contributed by atoms with Crippen molar-refractivity contribution in [1.82, 2.24) is 10.3 Å². The first kappa shape index (κ1) is 16.1. The molecule has 2 N–H and O–H groups in total. The van der Waals surface area contributed by atoms with Crippen LogP contribution in [-0.4, -0.2) is 16.9 Å². The molecule has 0 bridgehead atoms. The highest BCUT2D eigenvalue weighted by Crippen LogP contribution is 2.24. The summed E-state index contributed by atoms with van der Waals surface area (Å²) >= 11 is 0. The van der Waals surface area contributed by atoms with E-state index in [0.717, 1.165) is 35.7 Å². The van der Waals surface area contributed by atoms with Crippen LogP contribution in [0.1, 0.15) is 23.3 Å². The average molecular weight is 345 g/mol. The molecule has 0 spiro atoms. The number of carbonyl (C=O) groups is 1. The van der Waals surface area contributed by atoms with Gasteiger partial charge in [-0.15, -0.1) is 0 Å². The van der Waals surface area contributed by atoms with E-state index in [0.29, 0.717) is 11.7 Å². The van der Waals surface area contributed by atoms with Crippen LogP contribution in [0.2, 0.25) is 0 Å². The quantitative estimate of drug-likeness (QED) is 0.690. The number of para-hydroxylation sites is 1. The fourth-order valence-corrected chi connectivity index (χ4v) is 2.52. The van der Waals surface area contributed by atoms with Gasteiger partial charge in [0.05, 0.1) is 0 Å². The normalized spacial score (nSPS) is 13.1. The summed E-state index contributed by atoms with van der Waals surface area (Å²) in [6, 6.07) is 21.2. The predicted molar refractivity (Wildman–Crippen MR) is 101 cm³/mol. The van der Waals surface area contributed by atoms with Crippen molar-refractivity contribution in [2.24, 2.45) is 0 Å². The zero-order valence-electron chi connectivity index (χ0n) is 14.2. The Morgan fingerprint density at radius 3 is 2.38 bits per heavy atom. The molecule has 3 aromatic rings. The first-order valence-corrected chi connectivity index (χ1v) is 8.63. The van der Waals surface area contributed by atoms with E-state index in [-0.39, 0.29) is 5.91 Å². The Balaban J connectivity index is 1.41. The highest BCUT2D eigenvalue weighted by Gasteiger charge is 2.24. The Bertz CT molecular complexity index is 891. The molecule has 4 rings (SSSR count). The molecule has 0 saturated heterocycles. The Kier molecular flexibility index (Phi) is 4.51. The Hall–Kier alpha value is -3.34. The summed E-state index contributed by atoms with van der Waals surface area (Å²) in [6.45, 7) is 0. The monoisotopic (exact) mass is 345 g/mol. The number of anilines is 2. The molecule has 26 heavy (non-hydrogen) atoms. The van der Waals surface area contributed by atoms with Crippen LogP contribution in [0.3, 0.4) is 0 Å². The minimum atomic E-state index is -0.122. The third-order valence-electron chi connectivity index (χ3n) is 4.03. The van der Waals surface area contributed by atoms with E-state index in [1.807, 2.05) is 60.7 Å². The van der Waals surface area contributed by atoms with Crippen LogP contribution in [0, 0.1) is 0 Å². The summed E-state index contributed by atoms with van der Waals surface area (Å²) in [5, 5.41) is 6.23. The average Bonchev–Trinajstić information content (AvgIpc) is 3.48. The van der Waals surface area contributed by atoms with Crippen LogP contribution in [0.25, 0.3) is 0 Å². The van der Waals surface area contributed by atoms with Crippen LogP contribution in [0.5, 0.6) is 11.5 Å². The first-order valence-electron chi connectivity index (χ1n) is 8.63. The van der Waals surface area contributed by atoms with E-state index in [1.54, 1.807) is 12.3 Å². The van der Waals surface area contributed by atoms with Gasteiger partial charge in [0.1, 0.15) is 17.2 Å². The number of carbonyl (C=O) groups excluding carboxylic acids is 1. The van der Waals surface area contributed by atoms with E-state index in [1.165, 1.54) is 0 Å². The second kappa shape index (κ2) is 7.27. The number of aromatic nitrogens is 1. The number of ether oxygens (including phenoxy) is 1. The van der Waals surface area contributed by atoms with Crippen LogP contribution >= 0.6 is 0 Å². The smallest absolute Gasteiger partial charge is 0.270 e. The number of hydrogen-bond donors (Lipinski definition) is 2. The predicted octanol–water partition coefficient (Wildman–Crippen LogP) is 4.51. The van der Waals surface area contributed by atoms with Crippen LogP contribution < -0.4 is 15.4 Å². The molecule has 1 aliphatic rings. The highest BCUT2D eigenvalue weighted by molar-refractivity contribution is 5.93. The van der Waals surface area contributed by atoms with Crippen molar-refractivity contribution in [3.05, 3.63) is 78.6 Å². The number of hydrogen-bond acceptors (Lipinski definition) is 4. The van der Waals surface area contributed by atoms with E-state index in [4.69, 9.17) is 4.74 Å². The van der Waals surface area contributed by atoms with Crippen LogP contribution in [-0.2, 0) is 0 Å². The summed E-state index contributed by atoms with van der Waals surface area (Å²) in [6.07, 6.45) is 3.75. The SMILES string of the molecule is O=C(NC1CC1)c1cc(Nc2ccc(Oc3ccccc3)cc2)ccn1. The molecule has 1 heterocycles. The topological polar surface area (TPSA) is 63.2 Å². The number of nitrogens with zero attached hydrogens (tertiary/aromatic N) is 1. The molecule has 130 valence electrons. The highest BCUT2D eigenvalue weighted by atomic mass is 16.5. The van der Waals surface area contributed by atoms with Crippen molar-refractivity contribution in [3.8, 4) is 11.5 Å². The molecule has 0 radical (unpaired) electrons. The van der Waals surface area contributed by atoms with E-state index in [2.05, 4.69) is 15.6 Å². The molecular formula is C21H19N3O2. The van der Waals surface area contributed by atoms with Crippen molar-refractivity contribution in [1.29, 1.82) is 0 Å². The minimum absolute atomic E-state index is 0.122. The second-order valence-corrected chi connectivity index (χ2v) is 6.24. The fourth-order valence-electron chi connectivity index (χ4n) is 2.52. The van der Waals surface area contributed by atoms with Gasteiger partial charge in [-0.05, 0) is 61.4 Å². The zero-order chi connectivity index (χ0) is 17.8. The van der Waals surface area contributed by atoms with E-state index in [9.17, 15) is 4.79 Å². The van der Waals surface area contributed by atoms with Crippen molar-refractivity contribution in [2.75, 3.05) is 5.32 Å². The Morgan fingerprint density at radius 1 is 0.923 bits per heavy atom. The second-order valence-electron chi connectivity index (χ2n) is 6.24. The standard InChI is InChI=1S/C21H19N3O2/c25-21(24-16-6-7-16)20-14-17(12-13-22-20)23-15-8-10-19(11-9-15)26-18-4-2-1-3-5-18/h1-5,8-14,16H,6-7H2,(H,22,23)(H,24,25). The van der Waals surface area contributed by atoms with Gasteiger partial charge >= 0.3 is 0 Å². The van der Waals surface area contributed by atoms with Crippen molar-refractivity contribution in [2.45, 2.75) is 18.9 Å². The molecule has 1 saturated carbocycles. The minimum Gasteiger partial charge on any atom is -0.457 e. The van der Waals surface area contributed by atoms with Gasteiger partial charge in [-0.1, -0.05) is 18.2 Å². The first-order chi connectivity index (χ1) is 12.8. The third kappa shape index (κ3) is 4.19. The summed E-state index contributed by atoms with van der Waals surface area (Å²) in [5.41, 5.74) is 2.15. The lowest BCUT2D eigenvalue weighted by Gasteiger charge is -2.10. The summed E-state index contributed by atoms with van der Waals surface area (Å²) in [5.74, 6) is 1.44. The number of nitrogens with one attached hydrogen (secondary N) is 2. The third-order valence-corrected chi connectivity index (χ3v) is 4.03. The Labute approximate surface area is 152 Å². The molecule has 1 aromatic heterocycles. The van der Waals surface area contributed by atoms with Gasteiger partial charge in [-0.2, -0.15) is 0 Å². The van der Waals surface area contributed by atoms with Crippen molar-refractivity contribution in [3.63, 3.8) is 0 Å². The zero-order valence-corrected chi connectivity index (χ0v) is 14.2. The Morgan fingerprint density at radius 2 is 1.65 bits per heavy atom. The van der Waals surface area contributed by atoms with Crippen molar-refractivity contribution >= 4 is 17.3 Å². The van der Waals surface area contributed by atoms with Gasteiger partial charge in [0.2, 0.25) is 0 Å². The largest absolute Gasteiger partial charge is 0.457 e. The van der Waals surface area contributed by atoms with E-state index >= 15 is 0 Å². The van der Waals surface area contributed by atoms with E-state index < -0.39 is 0 Å². The van der Waals surface area contributed by atoms with Gasteiger partial charge in [-0.25, -0.2) is 0 Å². The molecular weight excluding hydrogens is 326 g/mol. The lowest BCUT2D eigenvalue weighted by molar-refractivity contribution is 0.0946. The lowest BCUT2D eigenvalue weighted by Crippen LogP contribution is -2.26. The molecule has 1 amide bonds. The lowest BCUT2D eigenvalue weighted by atomic mass is 10.2. The van der Waals surface area contributed by atoms with Gasteiger partial charge in [0, 0.05) is 23.6 Å². The van der Waals surface area contributed by atoms with Gasteiger partial charge in [0.15, 0.2) is 0 Å². The molecule has 1 fully saturated rings. The maximum atomic E-state index is 12.1. The molecule has 0 unspecified atom stereocenters. The fraction of sp³-hybridized carbons (Fsp3) is 0.143. The molecule has 0 aliphatic heterocycles. The molecule has 0 atom stereocenters.